The number of carbonyl (C=O) groups excluding carboxylic acids is 2. The lowest BCUT2D eigenvalue weighted by Gasteiger charge is -2.58. The SMILES string of the molecule is CC(C)CCC[C@@H](C)[C@H]1CC[C@H]2[C@@H]3CC=C4C[C@@H](OC(=O)/C=C\c5ccc6c(ccn6C(=O)OC(C)(C)C)c5)CC[C@]4(C)[C@H]3CC[C@]12C. The molecule has 0 spiro atoms. The molecule has 48 heavy (non-hydrogen) atoms. The number of hydrogen-bond acceptors (Lipinski definition) is 4. The van der Waals surface area contributed by atoms with Crippen LogP contribution in [0.1, 0.15) is 132 Å². The molecule has 5 nitrogen and oxygen atoms in total. The van der Waals surface area contributed by atoms with Gasteiger partial charge >= 0.3 is 12.1 Å². The van der Waals surface area contributed by atoms with Crippen molar-refractivity contribution < 1.29 is 19.1 Å². The molecule has 0 aliphatic heterocycles. The second-order valence-corrected chi connectivity index (χ2v) is 17.9. The van der Waals surface area contributed by atoms with Crippen LogP contribution in [0.5, 0.6) is 0 Å². The van der Waals surface area contributed by atoms with Crippen molar-refractivity contribution in [3.63, 3.8) is 0 Å². The fraction of sp³-hybridized carbons (Fsp3) is 0.674. The first-order valence-electron chi connectivity index (χ1n) is 19.1. The number of rotatable bonds is 8. The quantitative estimate of drug-likeness (QED) is 0.161. The van der Waals surface area contributed by atoms with Crippen molar-refractivity contribution in [3.05, 3.63) is 53.8 Å². The fourth-order valence-electron chi connectivity index (χ4n) is 10.9. The summed E-state index contributed by atoms with van der Waals surface area (Å²) in [7, 11) is 0. The minimum atomic E-state index is -0.563. The van der Waals surface area contributed by atoms with Crippen LogP contribution in [-0.2, 0) is 14.3 Å². The molecule has 4 aliphatic rings. The van der Waals surface area contributed by atoms with Crippen LogP contribution in [0.2, 0.25) is 0 Å². The average Bonchev–Trinajstić information content (AvgIpc) is 3.60. The highest BCUT2D eigenvalue weighted by molar-refractivity contribution is 5.92. The number of fused-ring (bicyclic) bond motifs is 6. The Bertz CT molecular complexity index is 1560. The summed E-state index contributed by atoms with van der Waals surface area (Å²) in [6.45, 7) is 18.1. The zero-order chi connectivity index (χ0) is 34.4. The maximum atomic E-state index is 13.0. The Morgan fingerprint density at radius 2 is 1.79 bits per heavy atom. The highest BCUT2D eigenvalue weighted by atomic mass is 16.6. The van der Waals surface area contributed by atoms with Crippen molar-refractivity contribution in [2.24, 2.45) is 46.3 Å². The van der Waals surface area contributed by atoms with E-state index >= 15 is 0 Å². The highest BCUT2D eigenvalue weighted by Crippen LogP contribution is 2.67. The molecule has 1 heterocycles. The van der Waals surface area contributed by atoms with E-state index < -0.39 is 11.7 Å². The van der Waals surface area contributed by atoms with Crippen molar-refractivity contribution in [2.45, 2.75) is 138 Å². The number of ether oxygens (including phenoxy) is 2. The van der Waals surface area contributed by atoms with Crippen LogP contribution in [0.4, 0.5) is 4.79 Å². The third-order valence-corrected chi connectivity index (χ3v) is 13.3. The van der Waals surface area contributed by atoms with E-state index in [1.807, 2.05) is 51.1 Å². The molecule has 8 atom stereocenters. The van der Waals surface area contributed by atoms with Crippen molar-refractivity contribution in [3.8, 4) is 0 Å². The molecule has 3 saturated carbocycles. The van der Waals surface area contributed by atoms with Crippen LogP contribution in [0.15, 0.2) is 48.2 Å². The van der Waals surface area contributed by atoms with Gasteiger partial charge in [-0.3, -0.25) is 4.57 Å². The lowest BCUT2D eigenvalue weighted by atomic mass is 9.47. The van der Waals surface area contributed by atoms with Crippen molar-refractivity contribution >= 4 is 29.0 Å². The number of allylic oxidation sites excluding steroid dienone is 1. The van der Waals surface area contributed by atoms with Gasteiger partial charge in [0.25, 0.3) is 0 Å². The molecule has 0 N–H and O–H groups in total. The highest BCUT2D eigenvalue weighted by Gasteiger charge is 2.59. The van der Waals surface area contributed by atoms with Crippen LogP contribution < -0.4 is 0 Å². The molecule has 0 saturated heterocycles. The summed E-state index contributed by atoms with van der Waals surface area (Å²) in [5.74, 6) is 4.70. The minimum Gasteiger partial charge on any atom is -0.459 e. The number of benzene rings is 1. The minimum absolute atomic E-state index is 0.0558. The van der Waals surface area contributed by atoms with Crippen molar-refractivity contribution in [1.29, 1.82) is 0 Å². The Kier molecular flexibility index (Phi) is 9.83. The Morgan fingerprint density at radius 1 is 1.00 bits per heavy atom. The van der Waals surface area contributed by atoms with E-state index in [0.717, 1.165) is 71.2 Å². The van der Waals surface area contributed by atoms with Crippen LogP contribution >= 0.6 is 0 Å². The monoisotopic (exact) mass is 655 g/mol. The summed E-state index contributed by atoms with van der Waals surface area (Å²) in [5, 5.41) is 0.915. The first kappa shape index (κ1) is 35.0. The third kappa shape index (κ3) is 6.94. The number of hydrogen-bond donors (Lipinski definition) is 0. The average molecular weight is 656 g/mol. The van der Waals surface area contributed by atoms with Crippen LogP contribution in [0.3, 0.4) is 0 Å². The summed E-state index contributed by atoms with van der Waals surface area (Å²) in [5.41, 5.74) is 3.41. The molecule has 1 aromatic heterocycles. The molecular formula is C43H61NO4. The second-order valence-electron chi connectivity index (χ2n) is 17.9. The Morgan fingerprint density at radius 3 is 2.54 bits per heavy atom. The van der Waals surface area contributed by atoms with Crippen LogP contribution in [0, 0.1) is 46.3 Å². The van der Waals surface area contributed by atoms with Crippen molar-refractivity contribution in [2.75, 3.05) is 0 Å². The molecular weight excluding hydrogens is 594 g/mol. The smallest absolute Gasteiger partial charge is 0.418 e. The number of esters is 1. The molecule has 0 bridgehead atoms. The van der Waals surface area contributed by atoms with Gasteiger partial charge in [0, 0.05) is 24.1 Å². The molecule has 5 heteroatoms. The van der Waals surface area contributed by atoms with E-state index in [2.05, 4.69) is 40.7 Å². The van der Waals surface area contributed by atoms with E-state index in [1.165, 1.54) is 55.9 Å². The Hall–Kier alpha value is -2.82. The van der Waals surface area contributed by atoms with Crippen molar-refractivity contribution in [1.82, 2.24) is 4.57 Å². The van der Waals surface area contributed by atoms with E-state index in [-0.39, 0.29) is 17.5 Å². The van der Waals surface area contributed by atoms with Crippen LogP contribution in [0.25, 0.3) is 17.0 Å². The number of nitrogens with zero attached hydrogens (tertiary/aromatic N) is 1. The van der Waals surface area contributed by atoms with Crippen LogP contribution in [-0.4, -0.2) is 28.3 Å². The predicted molar refractivity (Wildman–Crippen MR) is 196 cm³/mol. The summed E-state index contributed by atoms with van der Waals surface area (Å²) >= 11 is 0. The van der Waals surface area contributed by atoms with Gasteiger partial charge in [0.1, 0.15) is 11.7 Å². The lowest BCUT2D eigenvalue weighted by molar-refractivity contribution is -0.145. The molecule has 1 aromatic carbocycles. The summed E-state index contributed by atoms with van der Waals surface area (Å²) in [6, 6.07) is 7.68. The fourth-order valence-corrected chi connectivity index (χ4v) is 10.9. The van der Waals surface area contributed by atoms with Gasteiger partial charge in [0.05, 0.1) is 5.52 Å². The van der Waals surface area contributed by atoms with Gasteiger partial charge in [0.15, 0.2) is 0 Å². The van der Waals surface area contributed by atoms with Gasteiger partial charge in [-0.1, -0.05) is 71.6 Å². The van der Waals surface area contributed by atoms with E-state index in [0.29, 0.717) is 5.41 Å². The third-order valence-electron chi connectivity index (χ3n) is 13.3. The molecule has 2 aromatic rings. The molecule has 6 rings (SSSR count). The first-order valence-corrected chi connectivity index (χ1v) is 19.1. The van der Waals surface area contributed by atoms with E-state index in [4.69, 9.17) is 9.47 Å². The lowest BCUT2D eigenvalue weighted by Crippen LogP contribution is -2.51. The van der Waals surface area contributed by atoms with Gasteiger partial charge in [-0.2, -0.15) is 0 Å². The van der Waals surface area contributed by atoms with Gasteiger partial charge in [-0.15, -0.1) is 0 Å². The van der Waals surface area contributed by atoms with Gasteiger partial charge in [-0.05, 0) is 142 Å². The first-order chi connectivity index (χ1) is 22.7. The maximum absolute atomic E-state index is 13.0. The molecule has 0 amide bonds. The maximum Gasteiger partial charge on any atom is 0.418 e. The van der Waals surface area contributed by atoms with Gasteiger partial charge in [-0.25, -0.2) is 9.59 Å². The largest absolute Gasteiger partial charge is 0.459 e. The molecule has 262 valence electrons. The second kappa shape index (κ2) is 13.5. The number of carbonyl (C=O) groups is 2. The standard InChI is InChI=1S/C43H61NO4/c1-28(2)10-9-11-29(3)35-16-17-36-34-15-14-32-27-33(20-23-42(32,7)37(34)21-24-43(35,36)8)47-39(45)19-13-30-12-18-38-31(26-30)22-25-44(38)40(46)48-41(4,5)6/h12-14,18-19,22,25-26,28-29,33-37H,9-11,15-17,20-21,23-24,27H2,1-8H3/b19-13-/t29-,33+,34+,35-,36+,37+,42+,43-/m1/s1. The van der Waals surface area contributed by atoms with Gasteiger partial charge in [0.2, 0.25) is 0 Å². The Labute approximate surface area is 289 Å². The normalized spacial score (nSPS) is 32.4. The molecule has 3 fully saturated rings. The predicted octanol–water partition coefficient (Wildman–Crippen LogP) is 11.4. The van der Waals surface area contributed by atoms with E-state index in [1.54, 1.807) is 17.8 Å². The number of aromatic nitrogens is 1. The summed E-state index contributed by atoms with van der Waals surface area (Å²) in [6.07, 6.45) is 21.1. The summed E-state index contributed by atoms with van der Waals surface area (Å²) in [4.78, 5) is 25.6. The zero-order valence-corrected chi connectivity index (χ0v) is 31.0. The Balaban J connectivity index is 1.06. The molecule has 0 radical (unpaired) electrons. The molecule has 0 unspecified atom stereocenters. The summed E-state index contributed by atoms with van der Waals surface area (Å²) < 4.78 is 13.1. The zero-order valence-electron chi connectivity index (χ0n) is 31.0. The topological polar surface area (TPSA) is 57.5 Å². The van der Waals surface area contributed by atoms with E-state index in [9.17, 15) is 9.59 Å². The molecule has 4 aliphatic carbocycles. The van der Waals surface area contributed by atoms with Gasteiger partial charge < -0.3 is 9.47 Å².